The fraction of sp³-hybridized carbons (Fsp3) is 0.333. The van der Waals surface area contributed by atoms with Crippen LogP contribution >= 0.6 is 0 Å². The van der Waals surface area contributed by atoms with Crippen LogP contribution in [-0.4, -0.2) is 28.4 Å². The number of hydrogen-bond donors (Lipinski definition) is 1. The van der Waals surface area contributed by atoms with Crippen LogP contribution in [0.4, 0.5) is 4.79 Å². The van der Waals surface area contributed by atoms with E-state index >= 15 is 0 Å². The molecule has 3 aromatic rings. The van der Waals surface area contributed by atoms with Gasteiger partial charge < -0.3 is 19.4 Å². The Bertz CT molecular complexity index is 973. The lowest BCUT2D eigenvalue weighted by molar-refractivity contribution is 0.0500. The Morgan fingerprint density at radius 2 is 1.77 bits per heavy atom. The van der Waals surface area contributed by atoms with Crippen molar-refractivity contribution >= 4 is 6.09 Å². The molecule has 0 saturated heterocycles. The minimum Gasteiger partial charge on any atom is -0.497 e. The van der Waals surface area contributed by atoms with Gasteiger partial charge in [0.25, 0.3) is 0 Å². The van der Waals surface area contributed by atoms with Crippen LogP contribution in [0.1, 0.15) is 38.2 Å². The third-order valence-corrected chi connectivity index (χ3v) is 4.70. The Labute approximate surface area is 177 Å². The molecule has 0 aliphatic carbocycles. The van der Waals surface area contributed by atoms with Gasteiger partial charge in [-0.1, -0.05) is 42.5 Å². The molecular formula is C24H29N3O3. The van der Waals surface area contributed by atoms with Crippen LogP contribution in [0, 0.1) is 0 Å². The molecule has 1 aromatic heterocycles. The SMILES string of the molecule is COc1ccc(C[C@H](NC(=O)OC(C)(C)C)c2ncc(-c3ccccc3)n2C)cc1. The predicted molar refractivity (Wildman–Crippen MR) is 117 cm³/mol. The first-order chi connectivity index (χ1) is 14.3. The molecule has 0 unspecified atom stereocenters. The largest absolute Gasteiger partial charge is 0.497 e. The quantitative estimate of drug-likeness (QED) is 0.631. The second-order valence-corrected chi connectivity index (χ2v) is 8.18. The molecule has 1 heterocycles. The Hall–Kier alpha value is -3.28. The van der Waals surface area contributed by atoms with Crippen LogP contribution in [0.5, 0.6) is 5.75 Å². The van der Waals surface area contributed by atoms with Gasteiger partial charge in [-0.3, -0.25) is 0 Å². The highest BCUT2D eigenvalue weighted by Crippen LogP contribution is 2.25. The lowest BCUT2D eigenvalue weighted by atomic mass is 10.0. The normalized spacial score (nSPS) is 12.3. The maximum absolute atomic E-state index is 12.5. The smallest absolute Gasteiger partial charge is 0.408 e. The number of amides is 1. The van der Waals surface area contributed by atoms with Crippen LogP contribution < -0.4 is 10.1 Å². The van der Waals surface area contributed by atoms with Crippen LogP contribution in [-0.2, 0) is 18.2 Å². The van der Waals surface area contributed by atoms with E-state index in [4.69, 9.17) is 9.47 Å². The van der Waals surface area contributed by atoms with Gasteiger partial charge in [0.2, 0.25) is 0 Å². The molecule has 6 heteroatoms. The molecule has 3 rings (SSSR count). The zero-order valence-corrected chi connectivity index (χ0v) is 18.2. The van der Waals surface area contributed by atoms with Gasteiger partial charge in [-0.25, -0.2) is 9.78 Å². The average Bonchev–Trinajstić information content (AvgIpc) is 3.08. The summed E-state index contributed by atoms with van der Waals surface area (Å²) in [6, 6.07) is 17.5. The van der Waals surface area contributed by atoms with Crippen LogP contribution in [0.3, 0.4) is 0 Å². The number of hydrogen-bond acceptors (Lipinski definition) is 4. The fourth-order valence-corrected chi connectivity index (χ4v) is 3.28. The molecule has 1 N–H and O–H groups in total. The summed E-state index contributed by atoms with van der Waals surface area (Å²) in [5, 5.41) is 3.00. The minimum absolute atomic E-state index is 0.351. The number of nitrogens with one attached hydrogen (secondary N) is 1. The number of methoxy groups -OCH3 is 1. The summed E-state index contributed by atoms with van der Waals surface area (Å²) >= 11 is 0. The molecule has 0 radical (unpaired) electrons. The first kappa shape index (κ1) is 21.4. The van der Waals surface area contributed by atoms with Crippen molar-refractivity contribution < 1.29 is 14.3 Å². The molecule has 1 atom stereocenters. The molecule has 0 spiro atoms. The van der Waals surface area contributed by atoms with Gasteiger partial charge in [0, 0.05) is 13.5 Å². The van der Waals surface area contributed by atoms with E-state index in [0.717, 1.165) is 28.4 Å². The van der Waals surface area contributed by atoms with Crippen molar-refractivity contribution in [2.45, 2.75) is 38.8 Å². The summed E-state index contributed by atoms with van der Waals surface area (Å²) in [4.78, 5) is 17.2. The Morgan fingerprint density at radius 1 is 1.10 bits per heavy atom. The number of ether oxygens (including phenoxy) is 2. The maximum Gasteiger partial charge on any atom is 0.408 e. The summed E-state index contributed by atoms with van der Waals surface area (Å²) in [7, 11) is 3.60. The topological polar surface area (TPSA) is 65.4 Å². The molecule has 0 fully saturated rings. The number of imidazole rings is 1. The van der Waals surface area contributed by atoms with Gasteiger partial charge in [0.05, 0.1) is 25.0 Å². The summed E-state index contributed by atoms with van der Waals surface area (Å²) in [5.41, 5.74) is 2.53. The van der Waals surface area contributed by atoms with Crippen LogP contribution in [0.2, 0.25) is 0 Å². The van der Waals surface area contributed by atoms with Crippen LogP contribution in [0.25, 0.3) is 11.3 Å². The van der Waals surface area contributed by atoms with E-state index in [1.54, 1.807) is 7.11 Å². The standard InChI is InChI=1S/C24H29N3O3/c1-24(2,3)30-23(28)26-20(15-17-11-13-19(29-5)14-12-17)22-25-16-21(27(22)4)18-9-7-6-8-10-18/h6-14,16,20H,15H2,1-5H3,(H,26,28)/t20-/m0/s1. The molecule has 6 nitrogen and oxygen atoms in total. The van der Waals surface area contributed by atoms with Crippen molar-refractivity contribution in [3.63, 3.8) is 0 Å². The predicted octanol–water partition coefficient (Wildman–Crippen LogP) is 4.90. The lowest BCUT2D eigenvalue weighted by Gasteiger charge is -2.24. The molecular weight excluding hydrogens is 378 g/mol. The maximum atomic E-state index is 12.5. The summed E-state index contributed by atoms with van der Waals surface area (Å²) < 4.78 is 12.7. The van der Waals surface area contributed by atoms with Crippen molar-refractivity contribution in [3.05, 3.63) is 72.2 Å². The molecule has 2 aromatic carbocycles. The van der Waals surface area contributed by atoms with E-state index in [9.17, 15) is 4.79 Å². The van der Waals surface area contributed by atoms with E-state index in [2.05, 4.69) is 10.3 Å². The Balaban J connectivity index is 1.90. The van der Waals surface area contributed by atoms with Gasteiger partial charge in [-0.2, -0.15) is 0 Å². The zero-order chi connectivity index (χ0) is 21.7. The number of nitrogens with zero attached hydrogens (tertiary/aromatic N) is 2. The third-order valence-electron chi connectivity index (χ3n) is 4.70. The number of aromatic nitrogens is 2. The zero-order valence-electron chi connectivity index (χ0n) is 18.2. The highest BCUT2D eigenvalue weighted by molar-refractivity contribution is 5.68. The first-order valence-corrected chi connectivity index (χ1v) is 9.96. The number of benzene rings is 2. The average molecular weight is 408 g/mol. The van der Waals surface area contributed by atoms with E-state index < -0.39 is 11.7 Å². The van der Waals surface area contributed by atoms with Crippen molar-refractivity contribution in [2.24, 2.45) is 7.05 Å². The summed E-state index contributed by atoms with van der Waals surface area (Å²) in [6.07, 6.45) is 1.94. The molecule has 30 heavy (non-hydrogen) atoms. The summed E-state index contributed by atoms with van der Waals surface area (Å²) in [6.45, 7) is 5.54. The molecule has 158 valence electrons. The van der Waals surface area contributed by atoms with E-state index in [-0.39, 0.29) is 6.04 Å². The van der Waals surface area contributed by atoms with Crippen molar-refractivity contribution in [3.8, 4) is 17.0 Å². The van der Waals surface area contributed by atoms with E-state index in [0.29, 0.717) is 6.42 Å². The van der Waals surface area contributed by atoms with Crippen LogP contribution in [0.15, 0.2) is 60.8 Å². The van der Waals surface area contributed by atoms with Gasteiger partial charge >= 0.3 is 6.09 Å². The highest BCUT2D eigenvalue weighted by atomic mass is 16.6. The third kappa shape index (κ3) is 5.41. The fourth-order valence-electron chi connectivity index (χ4n) is 3.28. The summed E-state index contributed by atoms with van der Waals surface area (Å²) in [5.74, 6) is 1.55. The van der Waals surface area contributed by atoms with Crippen molar-refractivity contribution in [1.29, 1.82) is 0 Å². The molecule has 0 aliphatic rings. The van der Waals surface area contributed by atoms with Gasteiger partial charge in [0.1, 0.15) is 17.2 Å². The van der Waals surface area contributed by atoms with Gasteiger partial charge in [-0.15, -0.1) is 0 Å². The Morgan fingerprint density at radius 3 is 2.37 bits per heavy atom. The number of alkyl carbamates (subject to hydrolysis) is 1. The van der Waals surface area contributed by atoms with Crippen molar-refractivity contribution in [1.82, 2.24) is 14.9 Å². The van der Waals surface area contributed by atoms with Crippen molar-refractivity contribution in [2.75, 3.05) is 7.11 Å². The number of carbonyl (C=O) groups is 1. The monoisotopic (exact) mass is 407 g/mol. The lowest BCUT2D eigenvalue weighted by Crippen LogP contribution is -2.36. The van der Waals surface area contributed by atoms with E-state index in [1.807, 2.05) is 93.2 Å². The molecule has 0 saturated carbocycles. The second kappa shape index (κ2) is 9.03. The van der Waals surface area contributed by atoms with E-state index in [1.165, 1.54) is 0 Å². The number of carbonyl (C=O) groups excluding carboxylic acids is 1. The van der Waals surface area contributed by atoms with Gasteiger partial charge in [-0.05, 0) is 44.0 Å². The van der Waals surface area contributed by atoms with Gasteiger partial charge in [0.15, 0.2) is 0 Å². The first-order valence-electron chi connectivity index (χ1n) is 9.96. The Kier molecular flexibility index (Phi) is 6.45. The molecule has 0 bridgehead atoms. The number of rotatable bonds is 6. The minimum atomic E-state index is -0.578. The molecule has 0 aliphatic heterocycles. The second-order valence-electron chi connectivity index (χ2n) is 8.18. The highest BCUT2D eigenvalue weighted by Gasteiger charge is 2.24. The molecule has 1 amide bonds.